The number of halogens is 3. The number of para-hydroxylation sites is 1. The lowest BCUT2D eigenvalue weighted by molar-refractivity contribution is -0.0327. The number of alkyl halides is 3. The van der Waals surface area contributed by atoms with Crippen LogP contribution in [0.2, 0.25) is 0 Å². The molecular formula is C13H15F3N2S. The molecule has 1 N–H and O–H groups in total. The van der Waals surface area contributed by atoms with E-state index >= 15 is 0 Å². The highest BCUT2D eigenvalue weighted by Gasteiger charge is 2.27. The maximum atomic E-state index is 11.9. The number of nitrogens with one attached hydrogen (secondary N) is 1. The molecule has 0 aliphatic rings. The van der Waals surface area contributed by atoms with Crippen molar-refractivity contribution < 1.29 is 13.2 Å². The second-order valence-corrected chi connectivity index (χ2v) is 5.41. The number of fused-ring (bicyclic) bond motifs is 1. The zero-order valence-corrected chi connectivity index (χ0v) is 11.3. The second-order valence-electron chi connectivity index (χ2n) is 4.25. The Kier molecular flexibility index (Phi) is 4.42. The molecule has 0 atom stereocenters. The van der Waals surface area contributed by atoms with Gasteiger partial charge in [-0.05, 0) is 23.4 Å². The smallest absolute Gasteiger partial charge is 0.350 e. The lowest BCUT2D eigenvalue weighted by Gasteiger charge is -2.06. The van der Waals surface area contributed by atoms with Crippen molar-refractivity contribution in [2.24, 2.45) is 7.05 Å². The van der Waals surface area contributed by atoms with Gasteiger partial charge in [-0.2, -0.15) is 13.2 Å². The highest BCUT2D eigenvalue weighted by Crippen LogP contribution is 2.29. The first-order chi connectivity index (χ1) is 8.97. The number of rotatable bonds is 5. The van der Waals surface area contributed by atoms with E-state index in [0.29, 0.717) is 13.1 Å². The average Bonchev–Trinajstić information content (AvgIpc) is 2.65. The zero-order chi connectivity index (χ0) is 13.9. The second kappa shape index (κ2) is 5.88. The van der Waals surface area contributed by atoms with Gasteiger partial charge in [-0.25, -0.2) is 0 Å². The molecule has 0 unspecified atom stereocenters. The third-order valence-corrected chi connectivity index (χ3v) is 3.58. The van der Waals surface area contributed by atoms with Gasteiger partial charge in [-0.3, -0.25) is 0 Å². The quantitative estimate of drug-likeness (QED) is 0.848. The summed E-state index contributed by atoms with van der Waals surface area (Å²) in [6, 6.07) is 7.99. The first kappa shape index (κ1) is 14.3. The van der Waals surface area contributed by atoms with Crippen molar-refractivity contribution in [2.45, 2.75) is 12.1 Å². The Bertz CT molecular complexity index is 548. The van der Waals surface area contributed by atoms with Gasteiger partial charge < -0.3 is 9.88 Å². The molecule has 0 aliphatic carbocycles. The lowest BCUT2D eigenvalue weighted by Crippen LogP contribution is -2.18. The van der Waals surface area contributed by atoms with Crippen molar-refractivity contribution >= 4 is 22.7 Å². The van der Waals surface area contributed by atoms with Gasteiger partial charge in [0.2, 0.25) is 0 Å². The van der Waals surface area contributed by atoms with Crippen molar-refractivity contribution in [3.8, 4) is 0 Å². The summed E-state index contributed by atoms with van der Waals surface area (Å²) < 4.78 is 37.9. The minimum atomic E-state index is -4.14. The number of aromatic nitrogens is 1. The van der Waals surface area contributed by atoms with E-state index in [1.165, 1.54) is 0 Å². The highest BCUT2D eigenvalue weighted by molar-refractivity contribution is 8.00. The van der Waals surface area contributed by atoms with Crippen LogP contribution in [0.1, 0.15) is 5.56 Å². The fraction of sp³-hybridized carbons (Fsp3) is 0.385. The van der Waals surface area contributed by atoms with E-state index in [9.17, 15) is 13.2 Å². The van der Waals surface area contributed by atoms with Crippen molar-refractivity contribution in [2.75, 3.05) is 12.3 Å². The topological polar surface area (TPSA) is 17.0 Å². The third kappa shape index (κ3) is 3.91. The summed E-state index contributed by atoms with van der Waals surface area (Å²) >= 11 is 0.00983. The van der Waals surface area contributed by atoms with Crippen LogP contribution in [-0.4, -0.2) is 22.4 Å². The summed E-state index contributed by atoms with van der Waals surface area (Å²) in [6.07, 6.45) is 2.01. The summed E-state index contributed by atoms with van der Waals surface area (Å²) in [5.74, 6) is 0.0360. The van der Waals surface area contributed by atoms with Gasteiger partial charge in [0.1, 0.15) is 0 Å². The summed E-state index contributed by atoms with van der Waals surface area (Å²) in [4.78, 5) is 0. The molecule has 0 aliphatic heterocycles. The molecule has 2 aromatic rings. The predicted octanol–water partition coefficient (Wildman–Crippen LogP) is 3.52. The summed E-state index contributed by atoms with van der Waals surface area (Å²) in [7, 11) is 1.96. The first-order valence-corrected chi connectivity index (χ1v) is 6.90. The van der Waals surface area contributed by atoms with Gasteiger partial charge in [0.25, 0.3) is 0 Å². The molecule has 0 amide bonds. The monoisotopic (exact) mass is 288 g/mol. The molecular weight excluding hydrogens is 273 g/mol. The van der Waals surface area contributed by atoms with E-state index in [-0.39, 0.29) is 17.5 Å². The van der Waals surface area contributed by atoms with Crippen LogP contribution < -0.4 is 5.32 Å². The van der Waals surface area contributed by atoms with Crippen LogP contribution >= 0.6 is 11.8 Å². The van der Waals surface area contributed by atoms with E-state index in [1.807, 2.05) is 42.1 Å². The molecule has 0 spiro atoms. The Hall–Kier alpha value is -1.14. The van der Waals surface area contributed by atoms with Gasteiger partial charge >= 0.3 is 5.51 Å². The Labute approximate surface area is 114 Å². The first-order valence-electron chi connectivity index (χ1n) is 5.92. The fourth-order valence-electron chi connectivity index (χ4n) is 2.03. The lowest BCUT2D eigenvalue weighted by atomic mass is 10.2. The molecule has 0 saturated carbocycles. The zero-order valence-electron chi connectivity index (χ0n) is 10.5. The number of aryl methyl sites for hydroxylation is 1. The number of hydrogen-bond donors (Lipinski definition) is 1. The predicted molar refractivity (Wildman–Crippen MR) is 73.1 cm³/mol. The van der Waals surface area contributed by atoms with Gasteiger partial charge in [0.15, 0.2) is 0 Å². The fourth-order valence-corrected chi connectivity index (χ4v) is 2.51. The molecule has 2 rings (SSSR count). The van der Waals surface area contributed by atoms with Gasteiger partial charge in [-0.15, -0.1) is 0 Å². The molecule has 1 aromatic carbocycles. The van der Waals surface area contributed by atoms with Crippen LogP contribution in [0.5, 0.6) is 0 Å². The van der Waals surface area contributed by atoms with Gasteiger partial charge in [0, 0.05) is 43.0 Å². The minimum Gasteiger partial charge on any atom is -0.350 e. The molecule has 6 heteroatoms. The van der Waals surface area contributed by atoms with Crippen LogP contribution in [0.3, 0.4) is 0 Å². The Morgan fingerprint density at radius 1 is 1.26 bits per heavy atom. The third-order valence-electron chi connectivity index (χ3n) is 2.84. The molecule has 0 bridgehead atoms. The van der Waals surface area contributed by atoms with Crippen LogP contribution in [0.4, 0.5) is 13.2 Å². The van der Waals surface area contributed by atoms with E-state index in [4.69, 9.17) is 0 Å². The Morgan fingerprint density at radius 2 is 2.00 bits per heavy atom. The molecule has 1 aromatic heterocycles. The van der Waals surface area contributed by atoms with E-state index in [1.54, 1.807) is 0 Å². The van der Waals surface area contributed by atoms with E-state index in [0.717, 1.165) is 16.5 Å². The maximum absolute atomic E-state index is 11.9. The number of nitrogens with zero attached hydrogens (tertiary/aromatic N) is 1. The van der Waals surface area contributed by atoms with Crippen molar-refractivity contribution in [3.63, 3.8) is 0 Å². The van der Waals surface area contributed by atoms with Crippen LogP contribution in [-0.2, 0) is 13.6 Å². The van der Waals surface area contributed by atoms with Crippen LogP contribution in [0.15, 0.2) is 30.5 Å². The standard InChI is InChI=1S/C13H15F3N2S/c1-18-9-10(11-4-2-3-5-12(11)18)8-17-6-7-19-13(14,15)16/h2-5,9,17H,6-8H2,1H3. The van der Waals surface area contributed by atoms with Crippen LogP contribution in [0.25, 0.3) is 10.9 Å². The van der Waals surface area contributed by atoms with E-state index in [2.05, 4.69) is 5.32 Å². The average molecular weight is 288 g/mol. The molecule has 0 fully saturated rings. The summed E-state index contributed by atoms with van der Waals surface area (Å²) in [5, 5.41) is 4.19. The van der Waals surface area contributed by atoms with Crippen molar-refractivity contribution in [1.29, 1.82) is 0 Å². The Morgan fingerprint density at radius 3 is 2.74 bits per heavy atom. The van der Waals surface area contributed by atoms with Crippen molar-refractivity contribution in [3.05, 3.63) is 36.0 Å². The maximum Gasteiger partial charge on any atom is 0.441 e. The molecule has 1 heterocycles. The molecule has 0 radical (unpaired) electrons. The molecule has 2 nitrogen and oxygen atoms in total. The molecule has 19 heavy (non-hydrogen) atoms. The minimum absolute atomic E-state index is 0.00983. The Balaban J connectivity index is 1.89. The summed E-state index contributed by atoms with van der Waals surface area (Å²) in [5.41, 5.74) is -1.90. The van der Waals surface area contributed by atoms with E-state index < -0.39 is 5.51 Å². The van der Waals surface area contributed by atoms with Gasteiger partial charge in [-0.1, -0.05) is 18.2 Å². The number of benzene rings is 1. The summed E-state index contributed by atoms with van der Waals surface area (Å²) in [6.45, 7) is 0.924. The number of hydrogen-bond acceptors (Lipinski definition) is 2. The molecule has 0 saturated heterocycles. The largest absolute Gasteiger partial charge is 0.441 e. The highest BCUT2D eigenvalue weighted by atomic mass is 32.2. The SMILES string of the molecule is Cn1cc(CNCCSC(F)(F)F)c2ccccc21. The van der Waals surface area contributed by atoms with Crippen LogP contribution in [0, 0.1) is 0 Å². The van der Waals surface area contributed by atoms with Crippen molar-refractivity contribution in [1.82, 2.24) is 9.88 Å². The normalized spacial score (nSPS) is 12.2. The van der Waals surface area contributed by atoms with Gasteiger partial charge in [0.05, 0.1) is 0 Å². The number of thioether (sulfide) groups is 1. The molecule has 104 valence electrons.